The number of rotatable bonds is 3. The lowest BCUT2D eigenvalue weighted by Gasteiger charge is -1.96. The van der Waals surface area contributed by atoms with E-state index >= 15 is 0 Å². The highest BCUT2D eigenvalue weighted by atomic mass is 35.5. The molecule has 0 unspecified atom stereocenters. The fourth-order valence-electron chi connectivity index (χ4n) is 2.23. The number of thioether (sulfide) groups is 1. The highest BCUT2D eigenvalue weighted by molar-refractivity contribution is 7.98. The fourth-order valence-corrected chi connectivity index (χ4v) is 4.38. The summed E-state index contributed by atoms with van der Waals surface area (Å²) in [6.07, 6.45) is 0. The molecule has 0 aliphatic heterocycles. The van der Waals surface area contributed by atoms with Gasteiger partial charge in [-0.2, -0.15) is 0 Å². The van der Waals surface area contributed by atoms with Crippen molar-refractivity contribution in [2.45, 2.75) is 17.8 Å². The second-order valence-corrected chi connectivity index (χ2v) is 6.85. The minimum absolute atomic E-state index is 0.701. The number of imidazole rings is 2. The van der Waals surface area contributed by atoms with E-state index < -0.39 is 0 Å². The van der Waals surface area contributed by atoms with Crippen LogP contribution in [-0.2, 0) is 5.75 Å². The number of nitrogens with one attached hydrogen (secondary N) is 1. The van der Waals surface area contributed by atoms with Gasteiger partial charge in [-0.05, 0) is 19.1 Å². The van der Waals surface area contributed by atoms with Crippen molar-refractivity contribution in [2.24, 2.45) is 0 Å². The molecule has 0 spiro atoms. The Hall–Kier alpha value is -1.50. The smallest absolute Gasteiger partial charge is 0.195 e. The van der Waals surface area contributed by atoms with Crippen molar-refractivity contribution >= 4 is 50.7 Å². The number of hydrogen-bond acceptors (Lipinski definition) is 4. The van der Waals surface area contributed by atoms with Crippen LogP contribution in [0, 0.1) is 6.92 Å². The van der Waals surface area contributed by atoms with Gasteiger partial charge in [-0.15, -0.1) is 11.3 Å². The van der Waals surface area contributed by atoms with Crippen LogP contribution in [-0.4, -0.2) is 19.4 Å². The number of nitrogens with zero attached hydrogens (tertiary/aromatic N) is 3. The summed E-state index contributed by atoms with van der Waals surface area (Å²) in [5.74, 6) is 0.701. The van der Waals surface area contributed by atoms with E-state index in [0.717, 1.165) is 32.5 Å². The number of fused-ring (bicyclic) bond motifs is 2. The van der Waals surface area contributed by atoms with Crippen molar-refractivity contribution in [3.8, 4) is 0 Å². The molecular formula is C14H11ClN4S2. The zero-order chi connectivity index (χ0) is 14.4. The zero-order valence-electron chi connectivity index (χ0n) is 11.1. The van der Waals surface area contributed by atoms with Crippen molar-refractivity contribution in [1.29, 1.82) is 0 Å². The predicted molar refractivity (Wildman–Crippen MR) is 88.5 cm³/mol. The lowest BCUT2D eigenvalue weighted by atomic mass is 10.3. The Morgan fingerprint density at radius 3 is 3.00 bits per heavy atom. The van der Waals surface area contributed by atoms with Gasteiger partial charge in [0.2, 0.25) is 0 Å². The average Bonchev–Trinajstić information content (AvgIpc) is 3.13. The lowest BCUT2D eigenvalue weighted by molar-refractivity contribution is 1.07. The van der Waals surface area contributed by atoms with Crippen LogP contribution < -0.4 is 0 Å². The molecular weight excluding hydrogens is 324 g/mol. The summed E-state index contributed by atoms with van der Waals surface area (Å²) in [6.45, 7) is 2.03. The molecule has 0 amide bonds. The van der Waals surface area contributed by atoms with Crippen LogP contribution in [0.2, 0.25) is 5.15 Å². The minimum Gasteiger partial charge on any atom is -0.333 e. The third-order valence-corrected chi connectivity index (χ3v) is 5.47. The number of aromatic amines is 1. The third-order valence-electron chi connectivity index (χ3n) is 3.26. The summed E-state index contributed by atoms with van der Waals surface area (Å²) < 4.78 is 1.99. The average molecular weight is 335 g/mol. The van der Waals surface area contributed by atoms with Crippen molar-refractivity contribution in [1.82, 2.24) is 19.4 Å². The largest absolute Gasteiger partial charge is 0.333 e. The molecule has 0 atom stereocenters. The number of thiazole rings is 1. The van der Waals surface area contributed by atoms with Gasteiger partial charge >= 0.3 is 0 Å². The molecule has 0 radical (unpaired) electrons. The van der Waals surface area contributed by atoms with Gasteiger partial charge in [-0.25, -0.2) is 9.97 Å². The van der Waals surface area contributed by atoms with Crippen LogP contribution in [0.25, 0.3) is 16.0 Å². The highest BCUT2D eigenvalue weighted by Crippen LogP contribution is 2.29. The van der Waals surface area contributed by atoms with Crippen molar-refractivity contribution in [3.05, 3.63) is 46.2 Å². The Morgan fingerprint density at radius 2 is 2.19 bits per heavy atom. The van der Waals surface area contributed by atoms with E-state index in [9.17, 15) is 0 Å². The zero-order valence-corrected chi connectivity index (χ0v) is 13.5. The van der Waals surface area contributed by atoms with Gasteiger partial charge in [-0.3, -0.25) is 4.40 Å². The molecule has 1 aromatic carbocycles. The van der Waals surface area contributed by atoms with Crippen molar-refractivity contribution < 1.29 is 0 Å². The SMILES string of the molecule is Cc1csc2nc(CSc3nc4ccccc4[nH]3)c(Cl)n12. The molecule has 106 valence electrons. The lowest BCUT2D eigenvalue weighted by Crippen LogP contribution is -1.86. The molecule has 0 fully saturated rings. The van der Waals surface area contributed by atoms with Gasteiger partial charge in [0, 0.05) is 16.8 Å². The van der Waals surface area contributed by atoms with Crippen LogP contribution in [0.15, 0.2) is 34.8 Å². The van der Waals surface area contributed by atoms with Gasteiger partial charge in [0.1, 0.15) is 5.15 Å². The van der Waals surface area contributed by atoms with E-state index in [1.165, 1.54) is 0 Å². The van der Waals surface area contributed by atoms with Crippen LogP contribution in [0.1, 0.15) is 11.4 Å². The highest BCUT2D eigenvalue weighted by Gasteiger charge is 2.14. The van der Waals surface area contributed by atoms with Crippen LogP contribution in [0.4, 0.5) is 0 Å². The van der Waals surface area contributed by atoms with E-state index in [4.69, 9.17) is 11.6 Å². The fraction of sp³-hybridized carbons (Fsp3) is 0.143. The first kappa shape index (κ1) is 13.2. The summed E-state index contributed by atoms with van der Waals surface area (Å²) in [5, 5.41) is 3.65. The first-order chi connectivity index (χ1) is 10.2. The van der Waals surface area contributed by atoms with Crippen LogP contribution >= 0.6 is 34.7 Å². The number of H-pyrrole nitrogens is 1. The molecule has 0 aliphatic rings. The molecule has 21 heavy (non-hydrogen) atoms. The Balaban J connectivity index is 1.61. The van der Waals surface area contributed by atoms with Gasteiger partial charge in [0.05, 0.1) is 16.7 Å². The van der Waals surface area contributed by atoms with Gasteiger partial charge in [-0.1, -0.05) is 35.5 Å². The van der Waals surface area contributed by atoms with Gasteiger partial charge in [0.25, 0.3) is 0 Å². The number of aromatic nitrogens is 4. The van der Waals surface area contributed by atoms with Gasteiger partial charge < -0.3 is 4.98 Å². The third kappa shape index (κ3) is 2.23. The maximum absolute atomic E-state index is 6.41. The Morgan fingerprint density at radius 1 is 1.33 bits per heavy atom. The first-order valence-corrected chi connectivity index (χ1v) is 8.65. The van der Waals surface area contributed by atoms with Crippen molar-refractivity contribution in [3.63, 3.8) is 0 Å². The summed E-state index contributed by atoms with van der Waals surface area (Å²) in [5.41, 5.74) is 4.05. The molecule has 4 nitrogen and oxygen atoms in total. The first-order valence-electron chi connectivity index (χ1n) is 6.41. The van der Waals surface area contributed by atoms with E-state index in [-0.39, 0.29) is 0 Å². The Kier molecular flexibility index (Phi) is 3.17. The number of halogens is 1. The van der Waals surface area contributed by atoms with E-state index in [0.29, 0.717) is 10.9 Å². The minimum atomic E-state index is 0.701. The second kappa shape index (κ2) is 5.05. The summed E-state index contributed by atoms with van der Waals surface area (Å²) in [6, 6.07) is 8.01. The number of benzene rings is 1. The van der Waals surface area contributed by atoms with E-state index in [1.807, 2.05) is 35.6 Å². The monoisotopic (exact) mass is 334 g/mol. The maximum atomic E-state index is 6.41. The molecule has 4 aromatic rings. The maximum Gasteiger partial charge on any atom is 0.195 e. The number of hydrogen-bond donors (Lipinski definition) is 1. The Labute approximate surface area is 134 Å². The number of aryl methyl sites for hydroxylation is 1. The van der Waals surface area contributed by atoms with Gasteiger partial charge in [0.15, 0.2) is 10.1 Å². The molecule has 0 aliphatic carbocycles. The summed E-state index contributed by atoms with van der Waals surface area (Å²) in [7, 11) is 0. The molecule has 1 N–H and O–H groups in total. The van der Waals surface area contributed by atoms with E-state index in [1.54, 1.807) is 23.1 Å². The predicted octanol–water partition coefficient (Wildman–Crippen LogP) is 4.53. The molecule has 7 heteroatoms. The summed E-state index contributed by atoms with van der Waals surface area (Å²) in [4.78, 5) is 13.4. The number of para-hydroxylation sites is 2. The molecule has 4 rings (SSSR count). The van der Waals surface area contributed by atoms with E-state index in [2.05, 4.69) is 20.3 Å². The second-order valence-electron chi connectivity index (χ2n) is 4.69. The molecule has 0 bridgehead atoms. The van der Waals surface area contributed by atoms with Crippen LogP contribution in [0.3, 0.4) is 0 Å². The Bertz CT molecular complexity index is 904. The molecule has 3 heterocycles. The topological polar surface area (TPSA) is 46.0 Å². The summed E-state index contributed by atoms with van der Waals surface area (Å²) >= 11 is 9.64. The van der Waals surface area contributed by atoms with Crippen molar-refractivity contribution in [2.75, 3.05) is 0 Å². The standard InChI is InChI=1S/C14H11ClN4S2/c1-8-6-21-14-18-11(12(15)19(8)14)7-20-13-16-9-4-2-3-5-10(9)17-13/h2-6H,7H2,1H3,(H,16,17). The molecule has 0 saturated carbocycles. The normalized spacial score (nSPS) is 11.7. The van der Waals surface area contributed by atoms with Crippen LogP contribution in [0.5, 0.6) is 0 Å². The molecule has 3 aromatic heterocycles. The molecule has 0 saturated heterocycles. The quantitative estimate of drug-likeness (QED) is 0.560.